The highest BCUT2D eigenvalue weighted by molar-refractivity contribution is 5.93. The molecule has 4 fully saturated rings. The van der Waals surface area contributed by atoms with Crippen molar-refractivity contribution >= 4 is 90.2 Å². The summed E-state index contributed by atoms with van der Waals surface area (Å²) >= 11 is 0. The van der Waals surface area contributed by atoms with Crippen LogP contribution in [0.15, 0.2) is 182 Å². The normalized spacial score (nSPS) is 15.4. The molecule has 4 saturated carbocycles. The third kappa shape index (κ3) is 50.7. The Balaban J connectivity index is 0.000000294. The first-order valence-corrected chi connectivity index (χ1v) is 46.3. The minimum absolute atomic E-state index is 0.0000950. The van der Waals surface area contributed by atoms with Crippen molar-refractivity contribution in [2.45, 2.75) is 254 Å². The molecule has 0 radical (unpaired) electrons. The molecule has 3 unspecified atom stereocenters. The summed E-state index contributed by atoms with van der Waals surface area (Å²) in [4.78, 5) is 119. The van der Waals surface area contributed by atoms with Crippen LogP contribution < -0.4 is 32.6 Å². The molecule has 0 spiro atoms. The number of benzene rings is 6. The van der Waals surface area contributed by atoms with Crippen LogP contribution in [0.4, 0.5) is 0 Å². The molecule has 134 heavy (non-hydrogen) atoms. The van der Waals surface area contributed by atoms with Crippen molar-refractivity contribution < 1.29 is 112 Å². The fourth-order valence-corrected chi connectivity index (χ4v) is 14.2. The van der Waals surface area contributed by atoms with Gasteiger partial charge in [-0.2, -0.15) is 0 Å². The first kappa shape index (κ1) is 113. The number of carbonyl (C=O) groups is 9. The van der Waals surface area contributed by atoms with Gasteiger partial charge in [-0.3, -0.25) is 38.8 Å². The number of esters is 3. The summed E-state index contributed by atoms with van der Waals surface area (Å²) < 4.78 is 32.4. The molecular formula is C105H142N6O23. The zero-order valence-corrected chi connectivity index (χ0v) is 79.3. The predicted octanol–water partition coefficient (Wildman–Crippen LogP) is 16.5. The molecule has 0 heterocycles. The van der Waals surface area contributed by atoms with Crippen LogP contribution in [0.1, 0.15) is 249 Å². The largest absolute Gasteiger partial charge is 0.478 e. The van der Waals surface area contributed by atoms with E-state index in [4.69, 9.17) is 63.8 Å². The SMILES string of the molecule is CC(C)COC(C)ONC(=O)/C=C/c1cccc(C=O)c1.CC(C)COC(C)ONC(=O)/C=C/c1cccc(CN[C@H](C(=O)OC2CCCC2)C2CCCCC2)c1.CC(C)COC(C)ONC(=O)/C=C/c1cccc(CO)c1.COC(=O)/C=C/c1cccc(CO)c1.O=C(/C=C/c1cccc(CN[C@H](C(=O)OC2CCCC2)C2CCCCC2)c1)NO.O=C(O)/C=C/c1cccc(CO)c1. The topological polar surface area (TPSA) is 410 Å². The molecular weight excluding hydrogens is 1710 g/mol. The summed E-state index contributed by atoms with van der Waals surface area (Å²) in [5.41, 5.74) is 18.6. The van der Waals surface area contributed by atoms with Crippen molar-refractivity contribution in [2.24, 2.45) is 29.6 Å². The van der Waals surface area contributed by atoms with Crippen LogP contribution in [-0.4, -0.2) is 150 Å². The fourth-order valence-electron chi connectivity index (χ4n) is 14.2. The minimum atomic E-state index is -0.977. The molecule has 0 bridgehead atoms. The number of aliphatic carboxylic acids is 1. The van der Waals surface area contributed by atoms with Gasteiger partial charge in [-0.1, -0.05) is 201 Å². The zero-order chi connectivity index (χ0) is 97.6. The lowest BCUT2D eigenvalue weighted by atomic mass is 9.83. The summed E-state index contributed by atoms with van der Waals surface area (Å²) in [6.07, 6.45) is 37.0. The van der Waals surface area contributed by atoms with Crippen molar-refractivity contribution in [3.8, 4) is 0 Å². The highest BCUT2D eigenvalue weighted by atomic mass is 16.8. The Kier molecular flexibility index (Phi) is 56.6. The maximum atomic E-state index is 13.1. The highest BCUT2D eigenvalue weighted by Crippen LogP contribution is 2.32. The molecule has 11 N–H and O–H groups in total. The van der Waals surface area contributed by atoms with Gasteiger partial charge in [0.2, 0.25) is 0 Å². The van der Waals surface area contributed by atoms with Crippen LogP contribution in [0.5, 0.6) is 0 Å². The van der Waals surface area contributed by atoms with Crippen LogP contribution in [-0.2, 0) is 114 Å². The third-order valence-electron chi connectivity index (χ3n) is 21.1. The highest BCUT2D eigenvalue weighted by Gasteiger charge is 2.35. The van der Waals surface area contributed by atoms with Gasteiger partial charge < -0.3 is 59.5 Å². The molecule has 29 heteroatoms. The molecule has 730 valence electrons. The number of nitrogens with one attached hydrogen (secondary N) is 6. The van der Waals surface area contributed by atoms with E-state index in [1.54, 1.807) is 117 Å². The van der Waals surface area contributed by atoms with Crippen molar-refractivity contribution in [3.63, 3.8) is 0 Å². The fraction of sp³-hybridized carbons (Fsp3) is 0.457. The van der Waals surface area contributed by atoms with Crippen molar-refractivity contribution in [1.82, 2.24) is 32.6 Å². The lowest BCUT2D eigenvalue weighted by Crippen LogP contribution is -2.45. The number of amides is 4. The van der Waals surface area contributed by atoms with Gasteiger partial charge in [0.15, 0.2) is 18.9 Å². The Morgan fingerprint density at radius 3 is 0.955 bits per heavy atom. The molecule has 6 aromatic rings. The quantitative estimate of drug-likeness (QED) is 0.00322. The minimum Gasteiger partial charge on any atom is -0.478 e. The molecule has 4 aliphatic carbocycles. The van der Waals surface area contributed by atoms with E-state index in [-0.39, 0.29) is 73.8 Å². The summed E-state index contributed by atoms with van der Waals surface area (Å²) in [5, 5.41) is 50.6. The van der Waals surface area contributed by atoms with E-state index in [2.05, 4.69) is 45.7 Å². The van der Waals surface area contributed by atoms with Gasteiger partial charge in [0.25, 0.3) is 23.6 Å². The molecule has 0 aromatic heterocycles. The van der Waals surface area contributed by atoms with E-state index in [0.717, 1.165) is 151 Å². The summed E-state index contributed by atoms with van der Waals surface area (Å²) in [5.74, 6) is -1.39. The van der Waals surface area contributed by atoms with Crippen LogP contribution in [0, 0.1) is 29.6 Å². The number of hydrogen-bond donors (Lipinski definition) is 11. The molecule has 4 aliphatic rings. The monoisotopic (exact) mass is 1860 g/mol. The standard InChI is InChI=1S/C29H44N2O5.C23H32N2O4.C16H23NO4.C16H21NO4.C11H12O3.C10H10O3/c1-21(2)20-34-22(3)36-31-27(32)17-16-23-10-9-11-24(18-23)19-30-28(25-12-5-4-6-13-25)29(33)35-26-14-7-8-15-26;26-21(25-28)14-13-17-7-6-8-18(15-17)16-24-22(19-9-2-1-3-10-19)23(27)29-20-11-4-5-12-20;2*1-12(2)11-20-13(3)21-17-16(19)8-7-14-5-4-6-15(9-14)10-18;1-14-11(13)6-5-9-3-2-4-10(7-9)8-12;11-7-9-3-1-2-8(6-9)4-5-10(12)13/h9-11,16-18,21-22,25-26,28,30H,4-8,12-15,19-20H2,1-3H3,(H,31,32);6-8,13-15,19-20,22,24,28H,1-5,9-12,16H2,(H,25,26);4-9,12-13,18H,10-11H2,1-3H3,(H,17,19);4-10,12-13H,11H2,1-3H3,(H,17,19);2-7,12H,8H2,1H3;1-6,11H,7H2,(H,12,13)/b17-16+;14-13+;2*8-7+;6-5+;5-4+/t22?,28-;22-;;;;/m00..../s1. The number of methoxy groups -OCH3 is 1. The number of aliphatic hydroxyl groups is 3. The molecule has 5 atom stereocenters. The lowest BCUT2D eigenvalue weighted by Gasteiger charge is -2.30. The summed E-state index contributed by atoms with van der Waals surface area (Å²) in [6, 6.07) is 43.7. The molecule has 29 nitrogen and oxygen atoms in total. The van der Waals surface area contributed by atoms with Crippen molar-refractivity contribution in [2.75, 3.05) is 26.9 Å². The summed E-state index contributed by atoms with van der Waals surface area (Å²) in [6.45, 7) is 20.2. The smallest absolute Gasteiger partial charge is 0.330 e. The van der Waals surface area contributed by atoms with E-state index in [0.29, 0.717) is 68.1 Å². The van der Waals surface area contributed by atoms with Gasteiger partial charge in [0.05, 0.1) is 46.8 Å². The van der Waals surface area contributed by atoms with Crippen LogP contribution in [0.2, 0.25) is 0 Å². The number of carboxylic acid groups (broad SMARTS) is 1. The maximum Gasteiger partial charge on any atom is 0.330 e. The molecule has 10 rings (SSSR count). The third-order valence-corrected chi connectivity index (χ3v) is 21.1. The first-order chi connectivity index (χ1) is 64.5. The Hall–Kier alpha value is -11.3. The number of hydrogen-bond acceptors (Lipinski definition) is 24. The number of hydroxylamine groups is 4. The maximum absolute atomic E-state index is 13.1. The number of aldehydes is 1. The van der Waals surface area contributed by atoms with E-state index < -0.39 is 36.7 Å². The Labute approximate surface area is 789 Å². The van der Waals surface area contributed by atoms with Crippen LogP contribution in [0.3, 0.4) is 0 Å². The number of ether oxygens (including phenoxy) is 6. The van der Waals surface area contributed by atoms with Crippen molar-refractivity contribution in [1.29, 1.82) is 0 Å². The van der Waals surface area contributed by atoms with Crippen LogP contribution in [0.25, 0.3) is 36.5 Å². The van der Waals surface area contributed by atoms with Gasteiger partial charge in [0, 0.05) is 55.1 Å². The number of carboxylic acids is 1. The number of carbonyl (C=O) groups excluding carboxylic acids is 8. The zero-order valence-electron chi connectivity index (χ0n) is 79.3. The van der Waals surface area contributed by atoms with Gasteiger partial charge >= 0.3 is 23.9 Å². The second-order valence-corrected chi connectivity index (χ2v) is 34.2. The molecule has 4 amide bonds. The number of rotatable bonds is 43. The number of aliphatic hydroxyl groups excluding tert-OH is 3. The van der Waals surface area contributed by atoms with Crippen LogP contribution >= 0.6 is 0 Å². The van der Waals surface area contributed by atoms with Gasteiger partial charge in [0.1, 0.15) is 30.6 Å². The van der Waals surface area contributed by atoms with E-state index in [1.165, 1.54) is 82.1 Å². The average Bonchev–Trinajstić information content (AvgIpc) is 1.27. The van der Waals surface area contributed by atoms with E-state index >= 15 is 0 Å². The van der Waals surface area contributed by atoms with Gasteiger partial charge in [-0.15, -0.1) is 0 Å². The van der Waals surface area contributed by atoms with Gasteiger partial charge in [-0.25, -0.2) is 46.0 Å². The summed E-state index contributed by atoms with van der Waals surface area (Å²) in [7, 11) is 1.33. The molecule has 0 aliphatic heterocycles. The lowest BCUT2D eigenvalue weighted by molar-refractivity contribution is -0.180. The van der Waals surface area contributed by atoms with Gasteiger partial charge in [-0.05, 0) is 249 Å². The predicted molar refractivity (Wildman–Crippen MR) is 515 cm³/mol. The van der Waals surface area contributed by atoms with Crippen molar-refractivity contribution in [3.05, 3.63) is 249 Å². The average molecular weight is 1860 g/mol. The van der Waals surface area contributed by atoms with E-state index in [1.807, 2.05) is 113 Å². The Morgan fingerprint density at radius 1 is 0.366 bits per heavy atom. The first-order valence-electron chi connectivity index (χ1n) is 46.3. The Morgan fingerprint density at radius 2 is 0.649 bits per heavy atom. The Bertz CT molecular complexity index is 4650. The molecule has 6 aromatic carbocycles. The molecule has 0 saturated heterocycles. The second-order valence-electron chi connectivity index (χ2n) is 34.2. The van der Waals surface area contributed by atoms with E-state index in [9.17, 15) is 43.2 Å². The second kappa shape index (κ2) is 67.0.